The molecule has 2 N–H and O–H groups in total. The Morgan fingerprint density at radius 1 is 0.912 bits per heavy atom. The van der Waals surface area contributed by atoms with E-state index in [1.54, 1.807) is 72.8 Å². The molecule has 4 rings (SSSR count). The minimum Gasteiger partial charge on any atom is -0.494 e. The van der Waals surface area contributed by atoms with Crippen LogP contribution in [0.1, 0.15) is 17.3 Å². The van der Waals surface area contributed by atoms with E-state index in [1.165, 1.54) is 4.80 Å². The lowest BCUT2D eigenvalue weighted by Crippen LogP contribution is -2.20. The predicted molar refractivity (Wildman–Crippen MR) is 129 cm³/mol. The monoisotopic (exact) mass is 476 g/mol. The van der Waals surface area contributed by atoms with E-state index in [0.717, 1.165) is 11.3 Å². The lowest BCUT2D eigenvalue weighted by molar-refractivity contribution is -0.117. The maximum atomic E-state index is 12.5. The highest BCUT2D eigenvalue weighted by Crippen LogP contribution is 2.18. The SMILES string of the molecule is CCOc1ccc(NC(=O)c2ccc(NC(=O)Cn3nnc(-c4ccc(Cl)cc4)n3)cc2)cc1. The molecule has 4 aromatic rings. The quantitative estimate of drug-likeness (QED) is 0.392. The van der Waals surface area contributed by atoms with Gasteiger partial charge in [-0.15, -0.1) is 10.2 Å². The molecule has 0 saturated carbocycles. The molecule has 0 spiro atoms. The highest BCUT2D eigenvalue weighted by Gasteiger charge is 2.11. The Balaban J connectivity index is 1.31. The van der Waals surface area contributed by atoms with Crippen molar-refractivity contribution in [2.24, 2.45) is 0 Å². The van der Waals surface area contributed by atoms with Crippen LogP contribution < -0.4 is 15.4 Å². The lowest BCUT2D eigenvalue weighted by Gasteiger charge is -2.08. The summed E-state index contributed by atoms with van der Waals surface area (Å²) in [4.78, 5) is 26.0. The van der Waals surface area contributed by atoms with Gasteiger partial charge in [0.2, 0.25) is 11.7 Å². The van der Waals surface area contributed by atoms with Crippen LogP contribution in [0, 0.1) is 0 Å². The average molecular weight is 477 g/mol. The third-order valence-electron chi connectivity index (χ3n) is 4.69. The van der Waals surface area contributed by atoms with Crippen molar-refractivity contribution in [2.75, 3.05) is 17.2 Å². The van der Waals surface area contributed by atoms with E-state index < -0.39 is 0 Å². The van der Waals surface area contributed by atoms with Gasteiger partial charge in [0.25, 0.3) is 5.91 Å². The third kappa shape index (κ3) is 5.96. The summed E-state index contributed by atoms with van der Waals surface area (Å²) in [5.74, 6) is 0.547. The van der Waals surface area contributed by atoms with E-state index in [9.17, 15) is 9.59 Å². The predicted octanol–water partition coefficient (Wildman–Crippen LogP) is 4.28. The standard InChI is InChI=1S/C24H21ClN6O3/c1-2-34-21-13-11-20(12-14-21)27-24(33)17-5-9-19(10-6-17)26-22(32)15-31-29-23(28-30-31)16-3-7-18(25)8-4-16/h3-14H,2,15H2,1H3,(H,26,32)(H,27,33). The number of halogens is 1. The first kappa shape index (κ1) is 22.9. The largest absolute Gasteiger partial charge is 0.494 e. The number of nitrogens with zero attached hydrogens (tertiary/aromatic N) is 4. The second kappa shape index (κ2) is 10.6. The number of hydrogen-bond acceptors (Lipinski definition) is 6. The van der Waals surface area contributed by atoms with Gasteiger partial charge in [-0.05, 0) is 84.9 Å². The van der Waals surface area contributed by atoms with Crippen LogP contribution in [0.5, 0.6) is 5.75 Å². The van der Waals surface area contributed by atoms with Crippen molar-refractivity contribution in [3.63, 3.8) is 0 Å². The molecule has 0 fully saturated rings. The first-order valence-corrected chi connectivity index (χ1v) is 10.9. The fourth-order valence-corrected chi connectivity index (χ4v) is 3.19. The number of carbonyl (C=O) groups is 2. The van der Waals surface area contributed by atoms with Gasteiger partial charge in [-0.2, -0.15) is 4.80 Å². The fraction of sp³-hybridized carbons (Fsp3) is 0.125. The summed E-state index contributed by atoms with van der Waals surface area (Å²) in [6.45, 7) is 2.38. The number of hydrogen-bond donors (Lipinski definition) is 2. The van der Waals surface area contributed by atoms with Gasteiger partial charge < -0.3 is 15.4 Å². The Hall–Kier alpha value is -4.24. The lowest BCUT2D eigenvalue weighted by atomic mass is 10.2. The van der Waals surface area contributed by atoms with Gasteiger partial charge in [0, 0.05) is 27.5 Å². The molecule has 1 heterocycles. The van der Waals surface area contributed by atoms with E-state index in [2.05, 4.69) is 26.0 Å². The van der Waals surface area contributed by atoms with Crippen molar-refractivity contribution in [2.45, 2.75) is 13.5 Å². The Kier molecular flexibility index (Phi) is 7.14. The Morgan fingerprint density at radius 3 is 2.24 bits per heavy atom. The summed E-state index contributed by atoms with van der Waals surface area (Å²) in [6, 6.07) is 20.7. The zero-order valence-corrected chi connectivity index (χ0v) is 19.0. The van der Waals surface area contributed by atoms with Crippen molar-refractivity contribution < 1.29 is 14.3 Å². The smallest absolute Gasteiger partial charge is 0.255 e. The second-order valence-corrected chi connectivity index (χ2v) is 7.62. The van der Waals surface area contributed by atoms with Gasteiger partial charge in [-0.25, -0.2) is 0 Å². The molecule has 0 aliphatic heterocycles. The number of anilines is 2. The van der Waals surface area contributed by atoms with Gasteiger partial charge in [0.1, 0.15) is 12.3 Å². The van der Waals surface area contributed by atoms with E-state index in [1.807, 2.05) is 6.92 Å². The molecule has 0 atom stereocenters. The van der Waals surface area contributed by atoms with Crippen LogP contribution >= 0.6 is 11.6 Å². The van der Waals surface area contributed by atoms with Crippen molar-refractivity contribution in [1.82, 2.24) is 20.2 Å². The van der Waals surface area contributed by atoms with Crippen molar-refractivity contribution in [1.29, 1.82) is 0 Å². The summed E-state index contributed by atoms with van der Waals surface area (Å²) in [5, 5.41) is 18.3. The molecule has 0 radical (unpaired) electrons. The molecule has 2 amide bonds. The number of carbonyl (C=O) groups excluding carboxylic acids is 2. The molecule has 0 unspecified atom stereocenters. The first-order chi connectivity index (χ1) is 16.5. The van der Waals surface area contributed by atoms with Crippen molar-refractivity contribution in [3.8, 4) is 17.1 Å². The van der Waals surface area contributed by atoms with Crippen LogP contribution in [0.15, 0.2) is 72.8 Å². The summed E-state index contributed by atoms with van der Waals surface area (Å²) in [6.07, 6.45) is 0. The van der Waals surface area contributed by atoms with Gasteiger partial charge in [0.05, 0.1) is 6.61 Å². The van der Waals surface area contributed by atoms with Gasteiger partial charge in [-0.3, -0.25) is 9.59 Å². The molecule has 3 aromatic carbocycles. The van der Waals surface area contributed by atoms with Crippen LogP contribution in [-0.4, -0.2) is 38.6 Å². The maximum absolute atomic E-state index is 12.5. The Bertz CT molecular complexity index is 1270. The van der Waals surface area contributed by atoms with Gasteiger partial charge in [-0.1, -0.05) is 11.6 Å². The summed E-state index contributed by atoms with van der Waals surface area (Å²) < 4.78 is 5.39. The Morgan fingerprint density at radius 2 is 1.56 bits per heavy atom. The molecule has 0 saturated heterocycles. The number of tetrazole rings is 1. The normalized spacial score (nSPS) is 10.5. The fourth-order valence-electron chi connectivity index (χ4n) is 3.06. The van der Waals surface area contributed by atoms with E-state index in [0.29, 0.717) is 34.4 Å². The van der Waals surface area contributed by atoms with Crippen LogP contribution in [-0.2, 0) is 11.3 Å². The van der Waals surface area contributed by atoms with Crippen LogP contribution in [0.2, 0.25) is 5.02 Å². The van der Waals surface area contributed by atoms with Gasteiger partial charge in [0.15, 0.2) is 0 Å². The Labute approximate surface area is 200 Å². The highest BCUT2D eigenvalue weighted by atomic mass is 35.5. The van der Waals surface area contributed by atoms with Crippen molar-refractivity contribution in [3.05, 3.63) is 83.4 Å². The summed E-state index contributed by atoms with van der Waals surface area (Å²) in [7, 11) is 0. The maximum Gasteiger partial charge on any atom is 0.255 e. The van der Waals surface area contributed by atoms with Crippen LogP contribution in [0.25, 0.3) is 11.4 Å². The van der Waals surface area contributed by atoms with Crippen LogP contribution in [0.4, 0.5) is 11.4 Å². The number of benzene rings is 3. The summed E-state index contributed by atoms with van der Waals surface area (Å²) >= 11 is 5.89. The molecule has 172 valence electrons. The average Bonchev–Trinajstić information content (AvgIpc) is 3.29. The first-order valence-electron chi connectivity index (χ1n) is 10.5. The molecule has 9 nitrogen and oxygen atoms in total. The number of aromatic nitrogens is 4. The minimum absolute atomic E-state index is 0.111. The van der Waals surface area contributed by atoms with Crippen LogP contribution in [0.3, 0.4) is 0 Å². The minimum atomic E-state index is -0.327. The molecular formula is C24H21ClN6O3. The molecular weight excluding hydrogens is 456 g/mol. The van der Waals surface area contributed by atoms with E-state index >= 15 is 0 Å². The number of ether oxygens (including phenoxy) is 1. The number of nitrogens with one attached hydrogen (secondary N) is 2. The molecule has 0 aliphatic carbocycles. The summed E-state index contributed by atoms with van der Waals surface area (Å²) in [5.41, 5.74) is 2.40. The third-order valence-corrected chi connectivity index (χ3v) is 4.95. The zero-order chi connectivity index (χ0) is 23.9. The molecule has 0 bridgehead atoms. The van der Waals surface area contributed by atoms with E-state index in [-0.39, 0.29) is 18.4 Å². The van der Waals surface area contributed by atoms with E-state index in [4.69, 9.17) is 16.3 Å². The van der Waals surface area contributed by atoms with Gasteiger partial charge >= 0.3 is 0 Å². The zero-order valence-electron chi connectivity index (χ0n) is 18.2. The van der Waals surface area contributed by atoms with Crippen molar-refractivity contribution >= 4 is 34.8 Å². The molecule has 10 heteroatoms. The second-order valence-electron chi connectivity index (χ2n) is 7.19. The molecule has 1 aromatic heterocycles. The number of rotatable bonds is 8. The molecule has 0 aliphatic rings. The highest BCUT2D eigenvalue weighted by molar-refractivity contribution is 6.30. The molecule has 34 heavy (non-hydrogen) atoms. The number of amides is 2. The topological polar surface area (TPSA) is 111 Å².